The summed E-state index contributed by atoms with van der Waals surface area (Å²) in [6, 6.07) is 12.3. The second-order valence-corrected chi connectivity index (χ2v) is 7.82. The van der Waals surface area contributed by atoms with Gasteiger partial charge in [0.15, 0.2) is 11.0 Å². The lowest BCUT2D eigenvalue weighted by Crippen LogP contribution is -2.23. The number of hydrogen-bond donors (Lipinski definition) is 1. The van der Waals surface area contributed by atoms with Gasteiger partial charge in [-0.15, -0.1) is 10.2 Å². The van der Waals surface area contributed by atoms with E-state index in [-0.39, 0.29) is 5.69 Å². The monoisotopic (exact) mass is 420 g/mol. The zero-order chi connectivity index (χ0) is 21.2. The summed E-state index contributed by atoms with van der Waals surface area (Å²) in [6.45, 7) is 3.64. The van der Waals surface area contributed by atoms with E-state index in [9.17, 15) is 18.0 Å². The molecule has 152 valence electrons. The first-order valence-electron chi connectivity index (χ1n) is 8.77. The minimum atomic E-state index is -4.47. The summed E-state index contributed by atoms with van der Waals surface area (Å²) < 4.78 is 40.3. The first-order valence-corrected chi connectivity index (χ1v) is 9.65. The fraction of sp³-hybridized carbons (Fsp3) is 0.250. The molecule has 0 aliphatic rings. The van der Waals surface area contributed by atoms with Gasteiger partial charge in [0.05, 0.1) is 10.8 Å². The first-order chi connectivity index (χ1) is 13.7. The molecule has 0 saturated carbocycles. The number of nitrogens with zero attached hydrogens (tertiary/aromatic N) is 3. The van der Waals surface area contributed by atoms with E-state index >= 15 is 0 Å². The van der Waals surface area contributed by atoms with Crippen LogP contribution in [0.15, 0.2) is 53.7 Å². The Hall–Kier alpha value is -2.81. The summed E-state index contributed by atoms with van der Waals surface area (Å²) in [5.41, 5.74) is 1.27. The number of benzene rings is 2. The molecule has 1 atom stereocenters. The van der Waals surface area contributed by atoms with Gasteiger partial charge >= 0.3 is 6.18 Å². The molecule has 3 aromatic rings. The van der Waals surface area contributed by atoms with E-state index < -0.39 is 22.9 Å². The molecule has 2 aromatic carbocycles. The lowest BCUT2D eigenvalue weighted by molar-refractivity contribution is -0.137. The lowest BCUT2D eigenvalue weighted by Gasteiger charge is -2.13. The average Bonchev–Trinajstić information content (AvgIpc) is 3.02. The van der Waals surface area contributed by atoms with E-state index in [4.69, 9.17) is 0 Å². The van der Waals surface area contributed by atoms with Crippen LogP contribution in [-0.4, -0.2) is 25.9 Å². The Bertz CT molecular complexity index is 1030. The summed E-state index contributed by atoms with van der Waals surface area (Å²) in [6.07, 6.45) is -4.47. The quantitative estimate of drug-likeness (QED) is 0.595. The smallest absolute Gasteiger partial charge is 0.325 e. The van der Waals surface area contributed by atoms with Crippen LogP contribution in [-0.2, 0) is 18.0 Å². The number of alkyl halides is 3. The second kappa shape index (κ2) is 8.28. The molecule has 29 heavy (non-hydrogen) atoms. The SMILES string of the molecule is Cc1ccccc1-c1nnc(SC(C)C(=O)Nc2cccc(C(F)(F)F)c2)n1C. The maximum Gasteiger partial charge on any atom is 0.416 e. The normalized spacial score (nSPS) is 12.6. The van der Waals surface area contributed by atoms with E-state index in [1.165, 1.54) is 23.9 Å². The molecule has 1 amide bonds. The number of carbonyl (C=O) groups excluding carboxylic acids is 1. The third-order valence-corrected chi connectivity index (χ3v) is 5.46. The minimum Gasteiger partial charge on any atom is -0.325 e. The second-order valence-electron chi connectivity index (χ2n) is 6.51. The largest absolute Gasteiger partial charge is 0.416 e. The third kappa shape index (κ3) is 4.79. The van der Waals surface area contributed by atoms with Crippen molar-refractivity contribution in [2.45, 2.75) is 30.4 Å². The number of nitrogens with one attached hydrogen (secondary N) is 1. The molecule has 9 heteroatoms. The molecule has 0 bridgehead atoms. The van der Waals surface area contributed by atoms with Gasteiger partial charge in [-0.25, -0.2) is 0 Å². The van der Waals surface area contributed by atoms with Crippen LogP contribution in [0.2, 0.25) is 0 Å². The number of aromatic nitrogens is 3. The fourth-order valence-corrected chi connectivity index (χ4v) is 3.52. The summed E-state index contributed by atoms with van der Waals surface area (Å²) in [4.78, 5) is 12.4. The standard InChI is InChI=1S/C20H19F3N4OS/c1-12-7-4-5-10-16(12)17-25-26-19(27(17)3)29-13(2)18(28)24-15-9-6-8-14(11-15)20(21,22)23/h4-11,13H,1-3H3,(H,24,28). The highest BCUT2D eigenvalue weighted by Crippen LogP contribution is 2.31. The van der Waals surface area contributed by atoms with Gasteiger partial charge in [0.25, 0.3) is 0 Å². The van der Waals surface area contributed by atoms with Crippen LogP contribution in [0.5, 0.6) is 0 Å². The predicted octanol–water partition coefficient (Wildman–Crippen LogP) is 4.93. The molecule has 0 spiro atoms. The number of rotatable bonds is 5. The number of anilines is 1. The van der Waals surface area contributed by atoms with Crippen LogP contribution in [0.3, 0.4) is 0 Å². The molecular weight excluding hydrogens is 401 g/mol. The number of aryl methyl sites for hydroxylation is 1. The van der Waals surface area contributed by atoms with Crippen molar-refractivity contribution in [2.24, 2.45) is 7.05 Å². The maximum atomic E-state index is 12.8. The number of carbonyl (C=O) groups is 1. The van der Waals surface area contributed by atoms with Gasteiger partial charge in [0, 0.05) is 18.3 Å². The van der Waals surface area contributed by atoms with Crippen molar-refractivity contribution in [3.05, 3.63) is 59.7 Å². The zero-order valence-corrected chi connectivity index (χ0v) is 16.8. The van der Waals surface area contributed by atoms with E-state index in [1.54, 1.807) is 11.5 Å². The Morgan fingerprint density at radius 2 is 1.86 bits per heavy atom. The van der Waals surface area contributed by atoms with Gasteiger partial charge in [-0.05, 0) is 37.6 Å². The first kappa shape index (κ1) is 20.9. The van der Waals surface area contributed by atoms with Crippen LogP contribution < -0.4 is 5.32 Å². The Labute approximate surface area is 170 Å². The molecule has 1 N–H and O–H groups in total. The minimum absolute atomic E-state index is 0.0934. The van der Waals surface area contributed by atoms with E-state index in [2.05, 4.69) is 15.5 Å². The maximum absolute atomic E-state index is 12.8. The van der Waals surface area contributed by atoms with Gasteiger partial charge in [0.1, 0.15) is 0 Å². The Balaban J connectivity index is 1.72. The molecule has 0 saturated heterocycles. The van der Waals surface area contributed by atoms with Crippen molar-refractivity contribution in [3.63, 3.8) is 0 Å². The van der Waals surface area contributed by atoms with E-state index in [1.807, 2.05) is 38.2 Å². The predicted molar refractivity (Wildman–Crippen MR) is 107 cm³/mol. The lowest BCUT2D eigenvalue weighted by atomic mass is 10.1. The highest BCUT2D eigenvalue weighted by molar-refractivity contribution is 8.00. The van der Waals surface area contributed by atoms with Crippen molar-refractivity contribution < 1.29 is 18.0 Å². The van der Waals surface area contributed by atoms with Crippen molar-refractivity contribution in [1.82, 2.24) is 14.8 Å². The molecule has 0 aliphatic heterocycles. The number of amides is 1. The van der Waals surface area contributed by atoms with Crippen LogP contribution >= 0.6 is 11.8 Å². The van der Waals surface area contributed by atoms with Crippen molar-refractivity contribution in [2.75, 3.05) is 5.32 Å². The Morgan fingerprint density at radius 1 is 1.14 bits per heavy atom. The highest BCUT2D eigenvalue weighted by Gasteiger charge is 2.30. The summed E-state index contributed by atoms with van der Waals surface area (Å²) in [5.74, 6) is 0.255. The molecular formula is C20H19F3N4OS. The van der Waals surface area contributed by atoms with Gasteiger partial charge < -0.3 is 9.88 Å². The van der Waals surface area contributed by atoms with Gasteiger partial charge in [-0.1, -0.05) is 42.1 Å². The van der Waals surface area contributed by atoms with Crippen molar-refractivity contribution >= 4 is 23.4 Å². The van der Waals surface area contributed by atoms with E-state index in [0.29, 0.717) is 11.0 Å². The van der Waals surface area contributed by atoms with Crippen molar-refractivity contribution in [1.29, 1.82) is 0 Å². The molecule has 1 heterocycles. The summed E-state index contributed by atoms with van der Waals surface area (Å²) >= 11 is 1.18. The molecule has 0 fully saturated rings. The summed E-state index contributed by atoms with van der Waals surface area (Å²) in [7, 11) is 1.81. The van der Waals surface area contributed by atoms with Crippen LogP contribution in [0.4, 0.5) is 18.9 Å². The molecule has 1 aromatic heterocycles. The van der Waals surface area contributed by atoms with Gasteiger partial charge in [0.2, 0.25) is 5.91 Å². The molecule has 1 unspecified atom stereocenters. The van der Waals surface area contributed by atoms with Gasteiger partial charge in [-0.2, -0.15) is 13.2 Å². The molecule has 3 rings (SSSR count). The van der Waals surface area contributed by atoms with Crippen molar-refractivity contribution in [3.8, 4) is 11.4 Å². The molecule has 0 radical (unpaired) electrons. The molecule has 5 nitrogen and oxygen atoms in total. The molecule has 0 aliphatic carbocycles. The Morgan fingerprint density at radius 3 is 2.55 bits per heavy atom. The number of hydrogen-bond acceptors (Lipinski definition) is 4. The van der Waals surface area contributed by atoms with Crippen LogP contribution in [0.1, 0.15) is 18.1 Å². The topological polar surface area (TPSA) is 59.8 Å². The Kier molecular flexibility index (Phi) is 5.97. The summed E-state index contributed by atoms with van der Waals surface area (Å²) in [5, 5.41) is 10.8. The highest BCUT2D eigenvalue weighted by atomic mass is 32.2. The zero-order valence-electron chi connectivity index (χ0n) is 16.0. The number of thioether (sulfide) groups is 1. The number of halogens is 3. The van der Waals surface area contributed by atoms with Crippen LogP contribution in [0, 0.1) is 6.92 Å². The fourth-order valence-electron chi connectivity index (χ4n) is 2.70. The van der Waals surface area contributed by atoms with Gasteiger partial charge in [-0.3, -0.25) is 4.79 Å². The van der Waals surface area contributed by atoms with E-state index in [0.717, 1.165) is 23.3 Å². The average molecular weight is 420 g/mol. The van der Waals surface area contributed by atoms with Crippen LogP contribution in [0.25, 0.3) is 11.4 Å². The third-order valence-electron chi connectivity index (χ3n) is 4.33.